The van der Waals surface area contributed by atoms with Gasteiger partial charge in [0.2, 0.25) is 0 Å². The lowest BCUT2D eigenvalue weighted by atomic mass is 10.2. The van der Waals surface area contributed by atoms with Crippen molar-refractivity contribution >= 4 is 11.8 Å². The molecule has 1 saturated heterocycles. The van der Waals surface area contributed by atoms with Gasteiger partial charge < -0.3 is 10.5 Å². The molecule has 0 aromatic carbocycles. The first kappa shape index (κ1) is 11.1. The van der Waals surface area contributed by atoms with Crippen LogP contribution in [-0.2, 0) is 4.74 Å². The molecule has 0 bridgehead atoms. The van der Waals surface area contributed by atoms with Crippen molar-refractivity contribution in [2.24, 2.45) is 5.73 Å². The summed E-state index contributed by atoms with van der Waals surface area (Å²) >= 11 is 0.872. The maximum Gasteiger partial charge on any atom is 0.402 e. The Morgan fingerprint density at radius 3 is 2.23 bits per heavy atom. The second-order valence-corrected chi connectivity index (χ2v) is 4.56. The van der Waals surface area contributed by atoms with Crippen LogP contribution in [0.3, 0.4) is 0 Å². The van der Waals surface area contributed by atoms with Gasteiger partial charge in [-0.05, 0) is 6.92 Å². The Bertz CT molecular complexity index is 170. The lowest BCUT2D eigenvalue weighted by Gasteiger charge is -2.32. The summed E-state index contributed by atoms with van der Waals surface area (Å²) in [5.41, 5.74) is 5.27. The topological polar surface area (TPSA) is 35.2 Å². The molecule has 2 atom stereocenters. The second kappa shape index (κ2) is 4.06. The highest BCUT2D eigenvalue weighted by Gasteiger charge is 2.44. The van der Waals surface area contributed by atoms with E-state index in [1.807, 2.05) is 0 Å². The fourth-order valence-corrected chi connectivity index (χ4v) is 2.17. The summed E-state index contributed by atoms with van der Waals surface area (Å²) in [5, 5.41) is -1.51. The lowest BCUT2D eigenvalue weighted by molar-refractivity contribution is -0.131. The van der Waals surface area contributed by atoms with Gasteiger partial charge in [-0.3, -0.25) is 0 Å². The van der Waals surface area contributed by atoms with Gasteiger partial charge in [0, 0.05) is 6.04 Å². The van der Waals surface area contributed by atoms with E-state index in [-0.39, 0.29) is 5.25 Å². The van der Waals surface area contributed by atoms with Crippen molar-refractivity contribution < 1.29 is 17.9 Å². The van der Waals surface area contributed by atoms with E-state index in [1.54, 1.807) is 0 Å². The molecular weight excluding hydrogens is 203 g/mol. The van der Waals surface area contributed by atoms with Crippen LogP contribution in [0.4, 0.5) is 13.2 Å². The second-order valence-electron chi connectivity index (χ2n) is 3.12. The van der Waals surface area contributed by atoms with E-state index in [4.69, 9.17) is 10.5 Å². The molecule has 0 radical (unpaired) electrons. The van der Waals surface area contributed by atoms with Gasteiger partial charge in [-0.15, -0.1) is 11.8 Å². The summed E-state index contributed by atoms with van der Waals surface area (Å²) < 4.78 is 41.8. The largest absolute Gasteiger partial charge is 0.402 e. The standard InChI is InChI=1S/C7H12F3NOS/c1-4(11)6(7(8,9)10)13-5-2-12-3-5/h4-6H,2-3,11H2,1H3. The normalized spacial score (nSPS) is 23.8. The quantitative estimate of drug-likeness (QED) is 0.772. The molecule has 1 heterocycles. The Kier molecular flexibility index (Phi) is 3.48. The molecule has 1 rings (SSSR count). The monoisotopic (exact) mass is 215 g/mol. The van der Waals surface area contributed by atoms with E-state index in [0.29, 0.717) is 13.2 Å². The molecule has 0 saturated carbocycles. The van der Waals surface area contributed by atoms with E-state index < -0.39 is 17.5 Å². The van der Waals surface area contributed by atoms with Crippen molar-refractivity contribution in [1.82, 2.24) is 0 Å². The zero-order valence-electron chi connectivity index (χ0n) is 7.17. The van der Waals surface area contributed by atoms with Gasteiger partial charge in [0.05, 0.1) is 18.5 Å². The third kappa shape index (κ3) is 3.03. The molecule has 1 fully saturated rings. The Labute approximate surface area is 79.0 Å². The Balaban J connectivity index is 2.46. The van der Waals surface area contributed by atoms with Gasteiger partial charge >= 0.3 is 6.18 Å². The number of alkyl halides is 3. The number of hydrogen-bond donors (Lipinski definition) is 1. The van der Waals surface area contributed by atoms with E-state index >= 15 is 0 Å². The summed E-state index contributed by atoms with van der Waals surface area (Å²) in [7, 11) is 0. The molecule has 2 nitrogen and oxygen atoms in total. The number of rotatable bonds is 3. The van der Waals surface area contributed by atoms with Gasteiger partial charge in [-0.2, -0.15) is 13.2 Å². The van der Waals surface area contributed by atoms with Crippen LogP contribution in [0.25, 0.3) is 0 Å². The smallest absolute Gasteiger partial charge is 0.379 e. The van der Waals surface area contributed by atoms with Crippen molar-refractivity contribution in [2.45, 2.75) is 29.6 Å². The summed E-state index contributed by atoms with van der Waals surface area (Å²) in [5.74, 6) is 0. The predicted octanol–water partition coefficient (Wildman–Crippen LogP) is 1.40. The van der Waals surface area contributed by atoms with Crippen LogP contribution in [0, 0.1) is 0 Å². The average molecular weight is 215 g/mol. The van der Waals surface area contributed by atoms with Crippen molar-refractivity contribution in [3.8, 4) is 0 Å². The Morgan fingerprint density at radius 2 is 2.00 bits per heavy atom. The molecule has 0 spiro atoms. The fraction of sp³-hybridized carbons (Fsp3) is 1.00. The van der Waals surface area contributed by atoms with Crippen molar-refractivity contribution in [3.05, 3.63) is 0 Å². The number of nitrogens with two attached hydrogens (primary N) is 1. The molecular formula is C7H12F3NOS. The molecule has 0 amide bonds. The van der Waals surface area contributed by atoms with E-state index in [1.165, 1.54) is 6.92 Å². The first-order chi connectivity index (χ1) is 5.91. The molecule has 0 aromatic rings. The van der Waals surface area contributed by atoms with Crippen molar-refractivity contribution in [2.75, 3.05) is 13.2 Å². The molecule has 1 aliphatic rings. The first-order valence-corrected chi connectivity index (χ1v) is 4.91. The minimum Gasteiger partial charge on any atom is -0.379 e. The zero-order valence-corrected chi connectivity index (χ0v) is 7.99. The molecule has 13 heavy (non-hydrogen) atoms. The minimum atomic E-state index is -4.21. The van der Waals surface area contributed by atoms with Crippen molar-refractivity contribution in [1.29, 1.82) is 0 Å². The van der Waals surface area contributed by atoms with Gasteiger partial charge in [0.25, 0.3) is 0 Å². The number of ether oxygens (including phenoxy) is 1. The molecule has 0 aliphatic carbocycles. The summed E-state index contributed by atoms with van der Waals surface area (Å²) in [4.78, 5) is 0. The summed E-state index contributed by atoms with van der Waals surface area (Å²) in [6.45, 7) is 2.19. The Hall–Kier alpha value is 0.0600. The van der Waals surface area contributed by atoms with Crippen LogP contribution in [0.5, 0.6) is 0 Å². The molecule has 1 aliphatic heterocycles. The predicted molar refractivity (Wildman–Crippen MR) is 45.7 cm³/mol. The van der Waals surface area contributed by atoms with Crippen LogP contribution in [0.15, 0.2) is 0 Å². The molecule has 2 unspecified atom stereocenters. The maximum absolute atomic E-state index is 12.3. The molecule has 2 N–H and O–H groups in total. The number of halogens is 3. The van der Waals surface area contributed by atoms with Crippen LogP contribution in [0.1, 0.15) is 6.92 Å². The highest BCUT2D eigenvalue weighted by Crippen LogP contribution is 2.36. The maximum atomic E-state index is 12.3. The van der Waals surface area contributed by atoms with E-state index in [2.05, 4.69) is 0 Å². The summed E-state index contributed by atoms with van der Waals surface area (Å²) in [6.07, 6.45) is -4.21. The van der Waals surface area contributed by atoms with E-state index in [0.717, 1.165) is 11.8 Å². The van der Waals surface area contributed by atoms with Crippen LogP contribution in [-0.4, -0.2) is 35.9 Å². The SMILES string of the molecule is CC(N)C(SC1COC1)C(F)(F)F. The van der Waals surface area contributed by atoms with Crippen LogP contribution < -0.4 is 5.73 Å². The first-order valence-electron chi connectivity index (χ1n) is 3.96. The fourth-order valence-electron chi connectivity index (χ4n) is 0.999. The average Bonchev–Trinajstić information content (AvgIpc) is 1.79. The molecule has 0 aromatic heterocycles. The van der Waals surface area contributed by atoms with E-state index in [9.17, 15) is 13.2 Å². The van der Waals surface area contributed by atoms with Crippen LogP contribution in [0.2, 0.25) is 0 Å². The number of thioether (sulfide) groups is 1. The third-order valence-corrected chi connectivity index (χ3v) is 3.39. The zero-order chi connectivity index (χ0) is 10.1. The lowest BCUT2D eigenvalue weighted by Crippen LogP contribution is -2.44. The van der Waals surface area contributed by atoms with Gasteiger partial charge in [-0.25, -0.2) is 0 Å². The highest BCUT2D eigenvalue weighted by molar-refractivity contribution is 8.00. The highest BCUT2D eigenvalue weighted by atomic mass is 32.2. The third-order valence-electron chi connectivity index (χ3n) is 1.75. The summed E-state index contributed by atoms with van der Waals surface area (Å²) in [6, 6.07) is -0.870. The Morgan fingerprint density at radius 1 is 1.46 bits per heavy atom. The molecule has 6 heteroatoms. The number of hydrogen-bond acceptors (Lipinski definition) is 3. The van der Waals surface area contributed by atoms with Gasteiger partial charge in [0.15, 0.2) is 0 Å². The minimum absolute atomic E-state index is 0.0439. The van der Waals surface area contributed by atoms with Crippen molar-refractivity contribution in [3.63, 3.8) is 0 Å². The molecule has 78 valence electrons. The van der Waals surface area contributed by atoms with Gasteiger partial charge in [-0.1, -0.05) is 0 Å². The van der Waals surface area contributed by atoms with Gasteiger partial charge in [0.1, 0.15) is 5.25 Å². The van der Waals surface area contributed by atoms with Crippen LogP contribution >= 0.6 is 11.8 Å².